The molecule has 6 heteroatoms. The molecule has 0 bridgehead atoms. The van der Waals surface area contributed by atoms with Crippen LogP contribution in [0.2, 0.25) is 0 Å². The summed E-state index contributed by atoms with van der Waals surface area (Å²) < 4.78 is 44.4. The van der Waals surface area contributed by atoms with Gasteiger partial charge in [-0.15, -0.1) is 0 Å². The van der Waals surface area contributed by atoms with Crippen LogP contribution in [0, 0.1) is 5.92 Å². The van der Waals surface area contributed by atoms with Crippen LogP contribution in [0.1, 0.15) is 36.4 Å². The maximum absolute atomic E-state index is 13.0. The second kappa shape index (κ2) is 6.56. The van der Waals surface area contributed by atoms with Gasteiger partial charge in [-0.25, -0.2) is 0 Å². The van der Waals surface area contributed by atoms with E-state index in [1.165, 1.54) is 12.1 Å². The quantitative estimate of drug-likeness (QED) is 0.661. The molecule has 1 unspecified atom stereocenters. The molecule has 0 spiro atoms. The number of nitrogens with one attached hydrogen (secondary N) is 1. The van der Waals surface area contributed by atoms with Crippen LogP contribution in [0.3, 0.4) is 0 Å². The smallest absolute Gasteiger partial charge is 0.381 e. The van der Waals surface area contributed by atoms with Gasteiger partial charge in [-0.05, 0) is 36.8 Å². The van der Waals surface area contributed by atoms with Gasteiger partial charge in [0.15, 0.2) is 0 Å². The molecule has 0 aliphatic carbocycles. The van der Waals surface area contributed by atoms with Crippen molar-refractivity contribution in [3.8, 4) is 0 Å². The topological polar surface area (TPSA) is 47.3 Å². The van der Waals surface area contributed by atoms with Gasteiger partial charge in [0.05, 0.1) is 5.56 Å². The van der Waals surface area contributed by atoms with Crippen LogP contribution >= 0.6 is 0 Å². The van der Waals surface area contributed by atoms with E-state index in [9.17, 15) is 13.2 Å². The van der Waals surface area contributed by atoms with Crippen molar-refractivity contribution < 1.29 is 17.9 Å². The molecule has 20 heavy (non-hydrogen) atoms. The lowest BCUT2D eigenvalue weighted by Crippen LogP contribution is -2.32. The van der Waals surface area contributed by atoms with Crippen LogP contribution in [0.15, 0.2) is 24.3 Å². The number of halogens is 3. The molecule has 1 atom stereocenters. The number of rotatable bonds is 4. The Labute approximate surface area is 116 Å². The molecule has 3 nitrogen and oxygen atoms in total. The zero-order valence-electron chi connectivity index (χ0n) is 11.1. The number of hydrogen-bond donors (Lipinski definition) is 2. The molecule has 1 aliphatic rings. The predicted molar refractivity (Wildman–Crippen MR) is 69.7 cm³/mol. The molecule has 2 rings (SSSR count). The Kier molecular flexibility index (Phi) is 5.01. The summed E-state index contributed by atoms with van der Waals surface area (Å²) in [6.45, 7) is 1.34. The van der Waals surface area contributed by atoms with Crippen LogP contribution in [-0.4, -0.2) is 13.2 Å². The number of alkyl halides is 3. The molecule has 3 N–H and O–H groups in total. The average Bonchev–Trinajstić information content (AvgIpc) is 2.45. The monoisotopic (exact) mass is 288 g/mol. The Hall–Kier alpha value is -1.11. The van der Waals surface area contributed by atoms with E-state index in [4.69, 9.17) is 10.6 Å². The van der Waals surface area contributed by atoms with Crippen molar-refractivity contribution >= 4 is 0 Å². The summed E-state index contributed by atoms with van der Waals surface area (Å²) >= 11 is 0. The highest BCUT2D eigenvalue weighted by molar-refractivity contribution is 5.32. The number of ether oxygens (including phenoxy) is 1. The maximum Gasteiger partial charge on any atom is 0.416 e. The summed E-state index contributed by atoms with van der Waals surface area (Å²) in [6.07, 6.45) is -2.03. The Balaban J connectivity index is 2.18. The molecule has 1 fully saturated rings. The highest BCUT2D eigenvalue weighted by atomic mass is 19.4. The maximum atomic E-state index is 13.0. The first kappa shape index (κ1) is 15.3. The molecule has 0 saturated carbocycles. The fourth-order valence-electron chi connectivity index (χ4n) is 2.66. The van der Waals surface area contributed by atoms with E-state index >= 15 is 0 Å². The molecule has 0 radical (unpaired) electrons. The van der Waals surface area contributed by atoms with Crippen molar-refractivity contribution in [3.63, 3.8) is 0 Å². The van der Waals surface area contributed by atoms with Gasteiger partial charge in [0.25, 0.3) is 0 Å². The third kappa shape index (κ3) is 3.71. The lowest BCUT2D eigenvalue weighted by molar-refractivity contribution is -0.138. The highest BCUT2D eigenvalue weighted by Crippen LogP contribution is 2.37. The lowest BCUT2D eigenvalue weighted by atomic mass is 9.88. The Bertz CT molecular complexity index is 431. The van der Waals surface area contributed by atoms with Crippen molar-refractivity contribution in [1.29, 1.82) is 0 Å². The molecule has 1 aromatic carbocycles. The number of benzene rings is 1. The molecular weight excluding hydrogens is 269 g/mol. The van der Waals surface area contributed by atoms with Gasteiger partial charge >= 0.3 is 6.18 Å². The lowest BCUT2D eigenvalue weighted by Gasteiger charge is -2.28. The Morgan fingerprint density at radius 1 is 1.25 bits per heavy atom. The first-order valence-electron chi connectivity index (χ1n) is 6.72. The molecule has 112 valence electrons. The molecule has 0 aromatic heterocycles. The van der Waals surface area contributed by atoms with Crippen molar-refractivity contribution in [2.45, 2.75) is 31.5 Å². The fraction of sp³-hybridized carbons (Fsp3) is 0.571. The minimum atomic E-state index is -4.36. The third-order valence-corrected chi connectivity index (χ3v) is 3.75. The summed E-state index contributed by atoms with van der Waals surface area (Å²) in [6, 6.07) is 5.11. The van der Waals surface area contributed by atoms with E-state index in [0.717, 1.165) is 18.9 Å². The van der Waals surface area contributed by atoms with Crippen molar-refractivity contribution in [2.24, 2.45) is 11.8 Å². The normalized spacial score (nSPS) is 19.0. The van der Waals surface area contributed by atoms with E-state index in [1.54, 1.807) is 6.07 Å². The van der Waals surface area contributed by atoms with Crippen LogP contribution in [0.4, 0.5) is 13.2 Å². The average molecular weight is 288 g/mol. The predicted octanol–water partition coefficient (Wildman–Crippen LogP) is 3.03. The van der Waals surface area contributed by atoms with Crippen molar-refractivity contribution in [1.82, 2.24) is 5.43 Å². The fourth-order valence-corrected chi connectivity index (χ4v) is 2.66. The molecule has 0 amide bonds. The summed E-state index contributed by atoms with van der Waals surface area (Å²) in [5.41, 5.74) is 2.14. The van der Waals surface area contributed by atoms with Crippen molar-refractivity contribution in [3.05, 3.63) is 35.4 Å². The van der Waals surface area contributed by atoms with Crippen molar-refractivity contribution in [2.75, 3.05) is 13.2 Å². The van der Waals surface area contributed by atoms with Crippen LogP contribution in [-0.2, 0) is 10.9 Å². The van der Waals surface area contributed by atoms with Crippen LogP contribution in [0.25, 0.3) is 0 Å². The standard InChI is InChI=1S/C14H19F3N2O/c15-14(16,17)12-4-2-1-3-11(12)13(19-18)9-10-5-7-20-8-6-10/h1-4,10,13,19H,5-9,18H2. The molecule has 1 saturated heterocycles. The summed E-state index contributed by atoms with van der Waals surface area (Å²) in [5, 5.41) is 0. The summed E-state index contributed by atoms with van der Waals surface area (Å²) in [5.74, 6) is 5.82. The highest BCUT2D eigenvalue weighted by Gasteiger charge is 2.35. The van der Waals surface area contributed by atoms with Gasteiger partial charge in [0.2, 0.25) is 0 Å². The molecule has 1 aromatic rings. The Morgan fingerprint density at radius 2 is 1.90 bits per heavy atom. The number of hydrazine groups is 1. The molecule has 1 heterocycles. The Morgan fingerprint density at radius 3 is 2.50 bits per heavy atom. The van der Waals surface area contributed by atoms with E-state index in [2.05, 4.69) is 5.43 Å². The summed E-state index contributed by atoms with van der Waals surface area (Å²) in [7, 11) is 0. The van der Waals surface area contributed by atoms with Gasteiger partial charge < -0.3 is 4.74 Å². The third-order valence-electron chi connectivity index (χ3n) is 3.75. The SMILES string of the molecule is NNC(CC1CCOCC1)c1ccccc1C(F)(F)F. The van der Waals surface area contributed by atoms with Gasteiger partial charge in [-0.1, -0.05) is 18.2 Å². The first-order chi connectivity index (χ1) is 9.52. The van der Waals surface area contributed by atoms with E-state index < -0.39 is 17.8 Å². The minimum absolute atomic E-state index is 0.217. The second-order valence-electron chi connectivity index (χ2n) is 5.10. The summed E-state index contributed by atoms with van der Waals surface area (Å²) in [4.78, 5) is 0. The minimum Gasteiger partial charge on any atom is -0.381 e. The zero-order chi connectivity index (χ0) is 14.6. The van der Waals surface area contributed by atoms with Gasteiger partial charge in [0, 0.05) is 19.3 Å². The van der Waals surface area contributed by atoms with E-state index in [0.29, 0.717) is 25.6 Å². The van der Waals surface area contributed by atoms with Crippen LogP contribution < -0.4 is 11.3 Å². The zero-order valence-corrected chi connectivity index (χ0v) is 11.1. The number of nitrogens with two attached hydrogens (primary N) is 1. The van der Waals surface area contributed by atoms with E-state index in [1.807, 2.05) is 0 Å². The number of hydrogen-bond acceptors (Lipinski definition) is 3. The van der Waals surface area contributed by atoms with Gasteiger partial charge in [-0.2, -0.15) is 13.2 Å². The van der Waals surface area contributed by atoms with Crippen LogP contribution in [0.5, 0.6) is 0 Å². The largest absolute Gasteiger partial charge is 0.416 e. The first-order valence-corrected chi connectivity index (χ1v) is 6.72. The van der Waals surface area contributed by atoms with Gasteiger partial charge in [0.1, 0.15) is 0 Å². The van der Waals surface area contributed by atoms with Gasteiger partial charge in [-0.3, -0.25) is 11.3 Å². The van der Waals surface area contributed by atoms with E-state index in [-0.39, 0.29) is 5.56 Å². The molecular formula is C14H19F3N2O. The second-order valence-corrected chi connectivity index (χ2v) is 5.10. The molecule has 1 aliphatic heterocycles.